The van der Waals surface area contributed by atoms with E-state index in [1.165, 1.54) is 0 Å². The Bertz CT molecular complexity index is 384. The molecule has 0 aromatic carbocycles. The molecule has 1 aromatic rings. The fourth-order valence-corrected chi connectivity index (χ4v) is 2.37. The van der Waals surface area contributed by atoms with Gasteiger partial charge in [0.1, 0.15) is 5.82 Å². The number of rotatable bonds is 2. The Morgan fingerprint density at radius 2 is 2.00 bits per heavy atom. The van der Waals surface area contributed by atoms with Crippen LogP contribution in [0.15, 0.2) is 12.1 Å². The highest BCUT2D eigenvalue weighted by molar-refractivity contribution is 5.43. The van der Waals surface area contributed by atoms with Crippen molar-refractivity contribution in [1.82, 2.24) is 4.98 Å². The van der Waals surface area contributed by atoms with E-state index < -0.39 is 0 Å². The van der Waals surface area contributed by atoms with Crippen molar-refractivity contribution < 1.29 is 4.74 Å². The van der Waals surface area contributed by atoms with Crippen LogP contribution in [0.4, 0.5) is 5.82 Å². The summed E-state index contributed by atoms with van der Waals surface area (Å²) in [5.41, 5.74) is 7.86. The maximum Gasteiger partial charge on any atom is 0.129 e. The number of morpholine rings is 1. The molecule has 0 saturated carbocycles. The standard InChI is InChI=1S/C13H21N3O/c1-9-4-12(6-14)5-13(15-9)16-7-10(2)17-11(3)8-16/h4-5,10-11H,6-8,14H2,1-3H3/t10-,11+. The van der Waals surface area contributed by atoms with Crippen molar-refractivity contribution in [1.29, 1.82) is 0 Å². The number of pyridine rings is 1. The summed E-state index contributed by atoms with van der Waals surface area (Å²) in [6.07, 6.45) is 0.504. The lowest BCUT2D eigenvalue weighted by atomic mass is 10.2. The number of aryl methyl sites for hydroxylation is 1. The molecule has 1 aliphatic rings. The molecular weight excluding hydrogens is 214 g/mol. The third-order valence-corrected chi connectivity index (χ3v) is 2.98. The second kappa shape index (κ2) is 5.02. The molecular formula is C13H21N3O. The number of nitrogens with zero attached hydrogens (tertiary/aromatic N) is 2. The summed E-state index contributed by atoms with van der Waals surface area (Å²) < 4.78 is 5.73. The van der Waals surface area contributed by atoms with E-state index >= 15 is 0 Å². The molecule has 1 fully saturated rings. The van der Waals surface area contributed by atoms with Gasteiger partial charge in [-0.3, -0.25) is 0 Å². The molecule has 0 radical (unpaired) electrons. The Kier molecular flexibility index (Phi) is 3.64. The van der Waals surface area contributed by atoms with Gasteiger partial charge < -0.3 is 15.4 Å². The minimum Gasteiger partial charge on any atom is -0.372 e. The number of aromatic nitrogens is 1. The summed E-state index contributed by atoms with van der Waals surface area (Å²) in [4.78, 5) is 6.87. The minimum absolute atomic E-state index is 0.252. The van der Waals surface area contributed by atoms with E-state index in [1.54, 1.807) is 0 Å². The van der Waals surface area contributed by atoms with Gasteiger partial charge in [-0.1, -0.05) is 0 Å². The summed E-state index contributed by atoms with van der Waals surface area (Å²) in [6, 6.07) is 4.12. The van der Waals surface area contributed by atoms with Gasteiger partial charge in [-0.2, -0.15) is 0 Å². The molecule has 1 saturated heterocycles. The van der Waals surface area contributed by atoms with Crippen LogP contribution in [0, 0.1) is 6.92 Å². The first kappa shape index (κ1) is 12.3. The van der Waals surface area contributed by atoms with Crippen molar-refractivity contribution in [2.75, 3.05) is 18.0 Å². The zero-order valence-corrected chi connectivity index (χ0v) is 10.8. The first-order valence-electron chi connectivity index (χ1n) is 6.16. The Balaban J connectivity index is 2.23. The summed E-state index contributed by atoms with van der Waals surface area (Å²) in [5, 5.41) is 0. The van der Waals surface area contributed by atoms with Gasteiger partial charge in [0.15, 0.2) is 0 Å². The van der Waals surface area contributed by atoms with E-state index in [4.69, 9.17) is 10.5 Å². The predicted molar refractivity (Wildman–Crippen MR) is 69.1 cm³/mol. The van der Waals surface area contributed by atoms with Crippen molar-refractivity contribution in [2.24, 2.45) is 5.73 Å². The number of hydrogen-bond donors (Lipinski definition) is 1. The lowest BCUT2D eigenvalue weighted by molar-refractivity contribution is -0.00547. The fraction of sp³-hybridized carbons (Fsp3) is 0.615. The molecule has 2 N–H and O–H groups in total. The first-order chi connectivity index (χ1) is 8.08. The van der Waals surface area contributed by atoms with Crippen LogP contribution >= 0.6 is 0 Å². The molecule has 1 aromatic heterocycles. The van der Waals surface area contributed by atoms with Crippen LogP contribution in [0.25, 0.3) is 0 Å². The summed E-state index contributed by atoms with van der Waals surface area (Å²) in [6.45, 7) is 8.56. The summed E-state index contributed by atoms with van der Waals surface area (Å²) >= 11 is 0. The van der Waals surface area contributed by atoms with Crippen molar-refractivity contribution >= 4 is 5.82 Å². The van der Waals surface area contributed by atoms with Gasteiger partial charge in [0.25, 0.3) is 0 Å². The monoisotopic (exact) mass is 235 g/mol. The molecule has 17 heavy (non-hydrogen) atoms. The third kappa shape index (κ3) is 2.96. The minimum atomic E-state index is 0.252. The second-order valence-electron chi connectivity index (χ2n) is 4.84. The van der Waals surface area contributed by atoms with E-state index in [0.29, 0.717) is 6.54 Å². The van der Waals surface area contributed by atoms with Crippen LogP contribution in [0.2, 0.25) is 0 Å². The topological polar surface area (TPSA) is 51.4 Å². The Hall–Kier alpha value is -1.13. The smallest absolute Gasteiger partial charge is 0.129 e. The lowest BCUT2D eigenvalue weighted by Crippen LogP contribution is -2.45. The number of anilines is 1. The largest absolute Gasteiger partial charge is 0.372 e. The number of nitrogens with two attached hydrogens (primary N) is 1. The first-order valence-corrected chi connectivity index (χ1v) is 6.16. The third-order valence-electron chi connectivity index (χ3n) is 2.98. The Morgan fingerprint density at radius 1 is 1.35 bits per heavy atom. The highest BCUT2D eigenvalue weighted by Crippen LogP contribution is 2.20. The Morgan fingerprint density at radius 3 is 2.59 bits per heavy atom. The number of ether oxygens (including phenoxy) is 1. The van der Waals surface area contributed by atoms with Crippen molar-refractivity contribution in [3.8, 4) is 0 Å². The van der Waals surface area contributed by atoms with Crippen LogP contribution in [0.1, 0.15) is 25.1 Å². The van der Waals surface area contributed by atoms with Crippen molar-refractivity contribution in [3.63, 3.8) is 0 Å². The van der Waals surface area contributed by atoms with Gasteiger partial charge in [0, 0.05) is 25.3 Å². The summed E-state index contributed by atoms with van der Waals surface area (Å²) in [5.74, 6) is 1.02. The Labute approximate surface area is 103 Å². The van der Waals surface area contributed by atoms with Gasteiger partial charge in [-0.15, -0.1) is 0 Å². The van der Waals surface area contributed by atoms with E-state index in [9.17, 15) is 0 Å². The SMILES string of the molecule is Cc1cc(CN)cc(N2C[C@@H](C)O[C@@H](C)C2)n1. The van der Waals surface area contributed by atoms with E-state index in [0.717, 1.165) is 30.2 Å². The quantitative estimate of drug-likeness (QED) is 0.843. The molecule has 0 aliphatic carbocycles. The maximum atomic E-state index is 5.73. The fourth-order valence-electron chi connectivity index (χ4n) is 2.37. The molecule has 0 spiro atoms. The molecule has 0 unspecified atom stereocenters. The molecule has 4 heteroatoms. The molecule has 2 atom stereocenters. The van der Waals surface area contributed by atoms with Crippen LogP contribution in [0.3, 0.4) is 0 Å². The molecule has 94 valence electrons. The second-order valence-corrected chi connectivity index (χ2v) is 4.84. The molecule has 0 bridgehead atoms. The average Bonchev–Trinajstić information content (AvgIpc) is 2.26. The molecule has 0 amide bonds. The highest BCUT2D eigenvalue weighted by Gasteiger charge is 2.23. The van der Waals surface area contributed by atoms with Crippen molar-refractivity contribution in [3.05, 3.63) is 23.4 Å². The maximum absolute atomic E-state index is 5.73. The molecule has 1 aliphatic heterocycles. The van der Waals surface area contributed by atoms with E-state index in [1.807, 2.05) is 13.0 Å². The van der Waals surface area contributed by atoms with Crippen LogP contribution < -0.4 is 10.6 Å². The van der Waals surface area contributed by atoms with E-state index in [2.05, 4.69) is 29.8 Å². The molecule has 2 heterocycles. The normalized spacial score (nSPS) is 25.1. The van der Waals surface area contributed by atoms with Gasteiger partial charge in [-0.25, -0.2) is 4.98 Å². The highest BCUT2D eigenvalue weighted by atomic mass is 16.5. The van der Waals surface area contributed by atoms with Gasteiger partial charge in [0.05, 0.1) is 12.2 Å². The predicted octanol–water partition coefficient (Wildman–Crippen LogP) is 1.46. The lowest BCUT2D eigenvalue weighted by Gasteiger charge is -2.36. The van der Waals surface area contributed by atoms with Gasteiger partial charge >= 0.3 is 0 Å². The van der Waals surface area contributed by atoms with Gasteiger partial charge in [-0.05, 0) is 38.5 Å². The average molecular weight is 235 g/mol. The zero-order valence-electron chi connectivity index (χ0n) is 10.8. The van der Waals surface area contributed by atoms with Crippen molar-refractivity contribution in [2.45, 2.75) is 39.5 Å². The molecule has 2 rings (SSSR count). The van der Waals surface area contributed by atoms with Crippen LogP contribution in [0.5, 0.6) is 0 Å². The van der Waals surface area contributed by atoms with Crippen LogP contribution in [-0.2, 0) is 11.3 Å². The summed E-state index contributed by atoms with van der Waals surface area (Å²) in [7, 11) is 0. The van der Waals surface area contributed by atoms with Gasteiger partial charge in [0.2, 0.25) is 0 Å². The zero-order chi connectivity index (χ0) is 12.4. The number of hydrogen-bond acceptors (Lipinski definition) is 4. The molecule has 4 nitrogen and oxygen atoms in total. The van der Waals surface area contributed by atoms with E-state index in [-0.39, 0.29) is 12.2 Å². The van der Waals surface area contributed by atoms with Crippen LogP contribution in [-0.4, -0.2) is 30.3 Å².